The Balaban J connectivity index is 2.14. The third-order valence-electron chi connectivity index (χ3n) is 4.79. The van der Waals surface area contributed by atoms with Crippen LogP contribution in [0.25, 0.3) is 5.76 Å². The average Bonchev–Trinajstić information content (AvgIpc) is 2.96. The number of nitro benzene ring substituents is 1. The number of carbonyl (C=O) groups excluding carboxylic acids is 2. The minimum Gasteiger partial charge on any atom is -0.507 e. The van der Waals surface area contributed by atoms with Crippen LogP contribution < -0.4 is 0 Å². The van der Waals surface area contributed by atoms with Crippen LogP contribution in [0.1, 0.15) is 22.7 Å². The number of hydrogen-bond acceptors (Lipinski definition) is 6. The van der Waals surface area contributed by atoms with Crippen molar-refractivity contribution < 1.29 is 24.4 Å². The molecule has 1 N–H and O–H groups in total. The summed E-state index contributed by atoms with van der Waals surface area (Å²) in [6, 6.07) is 11.7. The molecule has 0 spiro atoms. The molecule has 1 heterocycles. The van der Waals surface area contributed by atoms with E-state index in [1.165, 1.54) is 36.3 Å². The van der Waals surface area contributed by atoms with Crippen molar-refractivity contribution in [3.8, 4) is 0 Å². The minimum absolute atomic E-state index is 0.0504. The zero-order valence-corrected chi connectivity index (χ0v) is 16.0. The van der Waals surface area contributed by atoms with Crippen LogP contribution in [0.2, 0.25) is 0 Å². The van der Waals surface area contributed by atoms with E-state index in [9.17, 15) is 24.8 Å². The first kappa shape index (κ1) is 20.2. The number of amides is 1. The van der Waals surface area contributed by atoms with Crippen LogP contribution in [0.3, 0.4) is 0 Å². The number of methoxy groups -OCH3 is 1. The smallest absolute Gasteiger partial charge is 0.295 e. The van der Waals surface area contributed by atoms with E-state index in [0.29, 0.717) is 5.56 Å². The first-order chi connectivity index (χ1) is 13.8. The molecule has 2 aromatic carbocycles. The third-order valence-corrected chi connectivity index (χ3v) is 4.79. The van der Waals surface area contributed by atoms with Crippen LogP contribution in [0.15, 0.2) is 54.1 Å². The van der Waals surface area contributed by atoms with Crippen LogP contribution in [-0.2, 0) is 14.3 Å². The van der Waals surface area contributed by atoms with E-state index in [1.807, 2.05) is 25.1 Å². The molecule has 1 saturated heterocycles. The fraction of sp³-hybridized carbons (Fsp3) is 0.238. The molecule has 1 amide bonds. The van der Waals surface area contributed by atoms with Crippen LogP contribution in [0.4, 0.5) is 5.69 Å². The molecular formula is C21H20N2O6. The molecule has 0 bridgehead atoms. The second kappa shape index (κ2) is 8.24. The Kier molecular flexibility index (Phi) is 5.74. The lowest BCUT2D eigenvalue weighted by atomic mass is 9.94. The maximum atomic E-state index is 12.8. The van der Waals surface area contributed by atoms with E-state index < -0.39 is 22.7 Å². The van der Waals surface area contributed by atoms with Gasteiger partial charge in [-0.25, -0.2) is 0 Å². The summed E-state index contributed by atoms with van der Waals surface area (Å²) in [4.78, 5) is 37.1. The van der Waals surface area contributed by atoms with Crippen molar-refractivity contribution in [1.29, 1.82) is 0 Å². The number of nitro groups is 1. The fourth-order valence-electron chi connectivity index (χ4n) is 3.38. The molecule has 1 aliphatic heterocycles. The number of carbonyl (C=O) groups is 2. The number of ketones is 1. The van der Waals surface area contributed by atoms with Gasteiger partial charge >= 0.3 is 0 Å². The molecule has 0 aromatic heterocycles. The number of aryl methyl sites for hydroxylation is 1. The van der Waals surface area contributed by atoms with Gasteiger partial charge in [0.1, 0.15) is 5.76 Å². The summed E-state index contributed by atoms with van der Waals surface area (Å²) >= 11 is 0. The van der Waals surface area contributed by atoms with Gasteiger partial charge < -0.3 is 14.7 Å². The number of aliphatic hydroxyl groups is 1. The van der Waals surface area contributed by atoms with Gasteiger partial charge in [-0.3, -0.25) is 19.7 Å². The van der Waals surface area contributed by atoms with E-state index in [-0.39, 0.29) is 35.7 Å². The fourth-order valence-corrected chi connectivity index (χ4v) is 3.38. The SMILES string of the molecule is COCCN1C(=O)C(=O)/C(=C(\O)c2ccc([N+](=O)[O-])cc2)C1c1cccc(C)c1. The first-order valence-electron chi connectivity index (χ1n) is 8.94. The summed E-state index contributed by atoms with van der Waals surface area (Å²) < 4.78 is 5.06. The molecular weight excluding hydrogens is 376 g/mol. The standard InChI is InChI=1S/C21H20N2O6/c1-13-4-3-5-15(12-13)18-17(20(25)21(26)22(18)10-11-29-2)19(24)14-6-8-16(9-7-14)23(27)28/h3-9,12,18,24H,10-11H2,1-2H3/b19-17-. The molecule has 2 aromatic rings. The van der Waals surface area contributed by atoms with Crippen molar-refractivity contribution in [3.05, 3.63) is 80.9 Å². The van der Waals surface area contributed by atoms with Gasteiger partial charge in [0, 0.05) is 31.4 Å². The molecule has 0 aliphatic carbocycles. The Morgan fingerprint density at radius 1 is 1.21 bits per heavy atom. The molecule has 0 radical (unpaired) electrons. The predicted octanol–water partition coefficient (Wildman–Crippen LogP) is 2.97. The average molecular weight is 396 g/mol. The quantitative estimate of drug-likeness (QED) is 0.264. The van der Waals surface area contributed by atoms with Crippen LogP contribution in [0.5, 0.6) is 0 Å². The largest absolute Gasteiger partial charge is 0.507 e. The lowest BCUT2D eigenvalue weighted by Gasteiger charge is -2.25. The first-order valence-corrected chi connectivity index (χ1v) is 8.94. The maximum absolute atomic E-state index is 12.8. The zero-order chi connectivity index (χ0) is 21.1. The molecule has 29 heavy (non-hydrogen) atoms. The van der Waals surface area contributed by atoms with Gasteiger partial charge in [0.25, 0.3) is 17.4 Å². The van der Waals surface area contributed by atoms with Crippen molar-refractivity contribution in [1.82, 2.24) is 4.90 Å². The van der Waals surface area contributed by atoms with E-state index in [1.54, 1.807) is 6.07 Å². The number of hydrogen-bond donors (Lipinski definition) is 1. The van der Waals surface area contributed by atoms with Gasteiger partial charge in [0.05, 0.1) is 23.1 Å². The molecule has 1 aliphatic rings. The lowest BCUT2D eigenvalue weighted by molar-refractivity contribution is -0.384. The molecule has 1 unspecified atom stereocenters. The number of non-ortho nitro benzene ring substituents is 1. The van der Waals surface area contributed by atoms with Crippen molar-refractivity contribution in [3.63, 3.8) is 0 Å². The van der Waals surface area contributed by atoms with Crippen LogP contribution in [-0.4, -0.2) is 46.9 Å². The van der Waals surface area contributed by atoms with Gasteiger partial charge in [-0.1, -0.05) is 29.8 Å². The molecule has 3 rings (SSSR count). The molecule has 1 fully saturated rings. The van der Waals surface area contributed by atoms with Crippen molar-refractivity contribution in [2.24, 2.45) is 0 Å². The minimum atomic E-state index is -0.802. The number of benzene rings is 2. The summed E-state index contributed by atoms with van der Waals surface area (Å²) in [6.07, 6.45) is 0. The van der Waals surface area contributed by atoms with E-state index in [0.717, 1.165) is 5.56 Å². The highest BCUT2D eigenvalue weighted by Crippen LogP contribution is 2.39. The molecule has 8 nitrogen and oxygen atoms in total. The molecule has 150 valence electrons. The number of likely N-dealkylation sites (tertiary alicyclic amines) is 1. The number of aliphatic hydroxyl groups excluding tert-OH is 1. The highest BCUT2D eigenvalue weighted by molar-refractivity contribution is 6.46. The van der Waals surface area contributed by atoms with Gasteiger partial charge in [-0.05, 0) is 24.6 Å². The Labute approximate surface area is 167 Å². The monoisotopic (exact) mass is 396 g/mol. The Morgan fingerprint density at radius 3 is 2.48 bits per heavy atom. The summed E-state index contributed by atoms with van der Waals surface area (Å²) in [5.74, 6) is -1.90. The topological polar surface area (TPSA) is 110 Å². The predicted molar refractivity (Wildman–Crippen MR) is 105 cm³/mol. The van der Waals surface area contributed by atoms with E-state index in [4.69, 9.17) is 4.74 Å². The Morgan fingerprint density at radius 2 is 1.90 bits per heavy atom. The van der Waals surface area contributed by atoms with Gasteiger partial charge in [-0.15, -0.1) is 0 Å². The normalized spacial score (nSPS) is 18.3. The Bertz CT molecular complexity index is 996. The van der Waals surface area contributed by atoms with E-state index in [2.05, 4.69) is 0 Å². The van der Waals surface area contributed by atoms with Gasteiger partial charge in [0.2, 0.25) is 0 Å². The molecule has 1 atom stereocenters. The van der Waals surface area contributed by atoms with Crippen molar-refractivity contribution in [2.45, 2.75) is 13.0 Å². The number of rotatable bonds is 6. The second-order valence-electron chi connectivity index (χ2n) is 6.70. The third kappa shape index (κ3) is 3.88. The highest BCUT2D eigenvalue weighted by Gasteiger charge is 2.45. The molecule has 8 heteroatoms. The maximum Gasteiger partial charge on any atom is 0.295 e. The second-order valence-corrected chi connectivity index (χ2v) is 6.70. The highest BCUT2D eigenvalue weighted by atomic mass is 16.6. The summed E-state index contributed by atoms with van der Waals surface area (Å²) in [5, 5.41) is 21.7. The summed E-state index contributed by atoms with van der Waals surface area (Å²) in [5.41, 5.74) is 1.65. The van der Waals surface area contributed by atoms with Crippen LogP contribution in [0, 0.1) is 17.0 Å². The van der Waals surface area contributed by atoms with Crippen molar-refractivity contribution in [2.75, 3.05) is 20.3 Å². The summed E-state index contributed by atoms with van der Waals surface area (Å²) in [7, 11) is 1.50. The summed E-state index contributed by atoms with van der Waals surface area (Å²) in [6.45, 7) is 2.30. The van der Waals surface area contributed by atoms with Gasteiger partial charge in [0.15, 0.2) is 0 Å². The number of ether oxygens (including phenoxy) is 1. The number of nitrogens with zero attached hydrogens (tertiary/aromatic N) is 2. The van der Waals surface area contributed by atoms with Crippen molar-refractivity contribution >= 4 is 23.1 Å². The van der Waals surface area contributed by atoms with Crippen LogP contribution >= 0.6 is 0 Å². The zero-order valence-electron chi connectivity index (χ0n) is 16.0. The molecule has 0 saturated carbocycles. The van der Waals surface area contributed by atoms with Gasteiger partial charge in [-0.2, -0.15) is 0 Å². The van der Waals surface area contributed by atoms with E-state index >= 15 is 0 Å². The number of Topliss-reactive ketones (excluding diaryl/α,β-unsaturated/α-hetero) is 1. The lowest BCUT2D eigenvalue weighted by Crippen LogP contribution is -2.32. The Hall–Kier alpha value is -3.52.